The number of benzene rings is 2. The second-order valence-corrected chi connectivity index (χ2v) is 6.43. The molecule has 0 atom stereocenters. The molecule has 5 heteroatoms. The van der Waals surface area contributed by atoms with E-state index in [0.29, 0.717) is 24.8 Å². The molecular formula is C19H18ClNO3. The van der Waals surface area contributed by atoms with Crippen molar-refractivity contribution < 1.29 is 14.3 Å². The average molecular weight is 344 g/mol. The van der Waals surface area contributed by atoms with Crippen LogP contribution in [0.25, 0.3) is 0 Å². The van der Waals surface area contributed by atoms with E-state index in [9.17, 15) is 4.79 Å². The molecule has 2 aromatic carbocycles. The fourth-order valence-corrected chi connectivity index (χ4v) is 3.50. The first kappa shape index (κ1) is 15.6. The molecule has 24 heavy (non-hydrogen) atoms. The standard InChI is InChI=1S/C19H18ClNO3/c20-16-9-3-1-7-14(16)13-21-17-10-4-2-8-15(17)19(18(21)22)23-11-5-6-12-24-19/h1-4,7-10H,5-6,11-13H2. The minimum absolute atomic E-state index is 0.175. The normalized spacial score (nSPS) is 19.4. The summed E-state index contributed by atoms with van der Waals surface area (Å²) in [5.74, 6) is -1.49. The molecule has 0 radical (unpaired) electrons. The molecule has 0 saturated carbocycles. The van der Waals surface area contributed by atoms with Gasteiger partial charge in [0.05, 0.1) is 25.4 Å². The highest BCUT2D eigenvalue weighted by Crippen LogP contribution is 2.45. The number of ether oxygens (including phenoxy) is 2. The highest BCUT2D eigenvalue weighted by atomic mass is 35.5. The van der Waals surface area contributed by atoms with Gasteiger partial charge in [0.15, 0.2) is 0 Å². The van der Waals surface area contributed by atoms with Gasteiger partial charge in [0.2, 0.25) is 0 Å². The van der Waals surface area contributed by atoms with Gasteiger partial charge < -0.3 is 14.4 Å². The third-order valence-electron chi connectivity index (χ3n) is 4.51. The fraction of sp³-hybridized carbons (Fsp3) is 0.316. The second-order valence-electron chi connectivity index (χ2n) is 6.02. The van der Waals surface area contributed by atoms with Crippen LogP contribution in [0.1, 0.15) is 24.0 Å². The van der Waals surface area contributed by atoms with Crippen LogP contribution in [-0.2, 0) is 26.6 Å². The SMILES string of the molecule is O=C1N(Cc2ccccc2Cl)c2ccccc2C12OCCCCO2. The van der Waals surface area contributed by atoms with Gasteiger partial charge in [-0.25, -0.2) is 0 Å². The first-order chi connectivity index (χ1) is 11.7. The Morgan fingerprint density at radius 1 is 1.00 bits per heavy atom. The van der Waals surface area contributed by atoms with Crippen LogP contribution in [0, 0.1) is 0 Å². The molecule has 4 nitrogen and oxygen atoms in total. The third-order valence-corrected chi connectivity index (χ3v) is 4.88. The molecular weight excluding hydrogens is 326 g/mol. The molecule has 0 unspecified atom stereocenters. The van der Waals surface area contributed by atoms with Gasteiger partial charge in [-0.3, -0.25) is 4.79 Å². The number of carbonyl (C=O) groups excluding carboxylic acids is 1. The van der Waals surface area contributed by atoms with Crippen molar-refractivity contribution in [3.8, 4) is 0 Å². The zero-order valence-electron chi connectivity index (χ0n) is 13.2. The monoisotopic (exact) mass is 343 g/mol. The number of hydrogen-bond acceptors (Lipinski definition) is 3. The maximum atomic E-state index is 13.2. The van der Waals surface area contributed by atoms with Crippen molar-refractivity contribution in [2.75, 3.05) is 18.1 Å². The Morgan fingerprint density at radius 2 is 1.67 bits per heavy atom. The molecule has 2 aromatic rings. The molecule has 2 heterocycles. The third kappa shape index (κ3) is 2.42. The van der Waals surface area contributed by atoms with Gasteiger partial charge in [0, 0.05) is 10.6 Å². The van der Waals surface area contributed by atoms with Gasteiger partial charge >= 0.3 is 0 Å². The smallest absolute Gasteiger partial charge is 0.292 e. The molecule has 4 rings (SSSR count). The number of nitrogens with zero attached hydrogens (tertiary/aromatic N) is 1. The average Bonchev–Trinajstić information content (AvgIpc) is 2.78. The quantitative estimate of drug-likeness (QED) is 0.831. The molecule has 1 saturated heterocycles. The Bertz CT molecular complexity index is 769. The van der Waals surface area contributed by atoms with E-state index in [2.05, 4.69) is 0 Å². The molecule has 1 spiro atoms. The molecule has 2 aliphatic heterocycles. The van der Waals surface area contributed by atoms with Crippen LogP contribution < -0.4 is 4.90 Å². The van der Waals surface area contributed by atoms with Gasteiger partial charge in [0.25, 0.3) is 11.7 Å². The lowest BCUT2D eigenvalue weighted by molar-refractivity contribution is -0.222. The lowest BCUT2D eigenvalue weighted by Gasteiger charge is -2.27. The van der Waals surface area contributed by atoms with Crippen LogP contribution in [0.2, 0.25) is 5.02 Å². The van der Waals surface area contributed by atoms with Crippen LogP contribution >= 0.6 is 11.6 Å². The Kier molecular flexibility index (Phi) is 4.04. The Balaban J connectivity index is 1.76. The number of anilines is 1. The van der Waals surface area contributed by atoms with E-state index in [0.717, 1.165) is 29.7 Å². The summed E-state index contributed by atoms with van der Waals surface area (Å²) in [6.45, 7) is 1.42. The van der Waals surface area contributed by atoms with Gasteiger partial charge in [-0.15, -0.1) is 0 Å². The molecule has 1 amide bonds. The van der Waals surface area contributed by atoms with E-state index >= 15 is 0 Å². The molecule has 0 N–H and O–H groups in total. The summed E-state index contributed by atoms with van der Waals surface area (Å²) in [6.07, 6.45) is 1.78. The van der Waals surface area contributed by atoms with Crippen molar-refractivity contribution in [1.29, 1.82) is 0 Å². The predicted molar refractivity (Wildman–Crippen MR) is 91.9 cm³/mol. The van der Waals surface area contributed by atoms with Crippen molar-refractivity contribution in [3.63, 3.8) is 0 Å². The highest BCUT2D eigenvalue weighted by molar-refractivity contribution is 6.31. The number of rotatable bonds is 2. The minimum Gasteiger partial charge on any atom is -0.338 e. The number of hydrogen-bond donors (Lipinski definition) is 0. The number of carbonyl (C=O) groups is 1. The number of fused-ring (bicyclic) bond motifs is 2. The summed E-state index contributed by atoms with van der Waals surface area (Å²) in [6, 6.07) is 15.2. The predicted octanol–water partition coefficient (Wildman–Crippen LogP) is 3.87. The van der Waals surface area contributed by atoms with E-state index in [1.165, 1.54) is 0 Å². The maximum Gasteiger partial charge on any atom is 0.292 e. The zero-order valence-corrected chi connectivity index (χ0v) is 14.0. The van der Waals surface area contributed by atoms with Crippen LogP contribution in [0.4, 0.5) is 5.69 Å². The van der Waals surface area contributed by atoms with E-state index < -0.39 is 5.79 Å². The minimum atomic E-state index is -1.31. The summed E-state index contributed by atoms with van der Waals surface area (Å²) >= 11 is 6.28. The van der Waals surface area contributed by atoms with Crippen LogP contribution in [0.3, 0.4) is 0 Å². The van der Waals surface area contributed by atoms with E-state index in [4.69, 9.17) is 21.1 Å². The van der Waals surface area contributed by atoms with Crippen LogP contribution in [0.15, 0.2) is 48.5 Å². The van der Waals surface area contributed by atoms with E-state index in [-0.39, 0.29) is 5.91 Å². The van der Waals surface area contributed by atoms with Crippen molar-refractivity contribution in [3.05, 3.63) is 64.7 Å². The Hall–Kier alpha value is -1.88. The Morgan fingerprint density at radius 3 is 2.42 bits per heavy atom. The van der Waals surface area contributed by atoms with Gasteiger partial charge in [-0.1, -0.05) is 48.0 Å². The van der Waals surface area contributed by atoms with Crippen LogP contribution in [0.5, 0.6) is 0 Å². The van der Waals surface area contributed by atoms with Gasteiger partial charge in [0.1, 0.15) is 0 Å². The molecule has 124 valence electrons. The van der Waals surface area contributed by atoms with Gasteiger partial charge in [-0.05, 0) is 30.5 Å². The number of halogens is 1. The van der Waals surface area contributed by atoms with Crippen molar-refractivity contribution in [2.24, 2.45) is 0 Å². The zero-order chi connectivity index (χ0) is 16.6. The lowest BCUT2D eigenvalue weighted by atomic mass is 10.1. The van der Waals surface area contributed by atoms with Crippen molar-refractivity contribution >= 4 is 23.2 Å². The van der Waals surface area contributed by atoms with E-state index in [1.54, 1.807) is 4.90 Å². The fourth-order valence-electron chi connectivity index (χ4n) is 3.30. The first-order valence-electron chi connectivity index (χ1n) is 8.15. The molecule has 0 aliphatic carbocycles. The molecule has 0 bridgehead atoms. The summed E-state index contributed by atoms with van der Waals surface area (Å²) in [5, 5.41) is 0.645. The maximum absolute atomic E-state index is 13.2. The summed E-state index contributed by atoms with van der Waals surface area (Å²) in [4.78, 5) is 15.0. The highest BCUT2D eigenvalue weighted by Gasteiger charge is 2.54. The number of para-hydroxylation sites is 1. The molecule has 2 aliphatic rings. The van der Waals surface area contributed by atoms with Crippen molar-refractivity contribution in [2.45, 2.75) is 25.2 Å². The van der Waals surface area contributed by atoms with E-state index in [1.807, 2.05) is 48.5 Å². The molecule has 1 fully saturated rings. The lowest BCUT2D eigenvalue weighted by Crippen LogP contribution is -2.44. The summed E-state index contributed by atoms with van der Waals surface area (Å²) < 4.78 is 11.9. The summed E-state index contributed by atoms with van der Waals surface area (Å²) in [7, 11) is 0. The largest absolute Gasteiger partial charge is 0.338 e. The number of amides is 1. The Labute approximate surface area is 145 Å². The molecule has 0 aromatic heterocycles. The first-order valence-corrected chi connectivity index (χ1v) is 8.53. The van der Waals surface area contributed by atoms with Gasteiger partial charge in [-0.2, -0.15) is 0 Å². The van der Waals surface area contributed by atoms with Crippen LogP contribution in [-0.4, -0.2) is 19.1 Å². The topological polar surface area (TPSA) is 38.8 Å². The second kappa shape index (κ2) is 6.20. The summed E-state index contributed by atoms with van der Waals surface area (Å²) in [5.41, 5.74) is 2.50. The van der Waals surface area contributed by atoms with Crippen molar-refractivity contribution in [1.82, 2.24) is 0 Å².